The molecule has 1 N–H and O–H groups in total. The molecule has 0 spiro atoms. The first-order valence-electron chi connectivity index (χ1n) is 15.6. The number of benzene rings is 2. The molecule has 2 aliphatic heterocycles. The molecule has 1 aromatic heterocycles. The maximum Gasteiger partial charge on any atom is 0.338 e. The van der Waals surface area contributed by atoms with E-state index in [0.717, 1.165) is 10.9 Å². The molecule has 8 nitrogen and oxygen atoms in total. The van der Waals surface area contributed by atoms with Crippen LogP contribution in [0.3, 0.4) is 0 Å². The van der Waals surface area contributed by atoms with Gasteiger partial charge in [-0.1, -0.05) is 91.8 Å². The van der Waals surface area contributed by atoms with Crippen LogP contribution in [0.5, 0.6) is 0 Å². The third-order valence-electron chi connectivity index (χ3n) is 9.12. The van der Waals surface area contributed by atoms with Gasteiger partial charge in [0.05, 0.1) is 17.7 Å². The van der Waals surface area contributed by atoms with Gasteiger partial charge in [0, 0.05) is 6.20 Å². The molecule has 0 radical (unpaired) electrons. The highest BCUT2D eigenvalue weighted by Crippen LogP contribution is 2.48. The van der Waals surface area contributed by atoms with E-state index in [0.29, 0.717) is 5.56 Å². The van der Waals surface area contributed by atoms with E-state index in [1.165, 1.54) is 0 Å². The predicted molar refractivity (Wildman–Crippen MR) is 171 cm³/mol. The first-order chi connectivity index (χ1) is 20.4. The summed E-state index contributed by atoms with van der Waals surface area (Å²) in [6.07, 6.45) is -2.55. The number of rotatable bonds is 7. The maximum atomic E-state index is 13.4. The van der Waals surface area contributed by atoms with Crippen LogP contribution in [-0.4, -0.2) is 63.8 Å². The van der Waals surface area contributed by atoms with Crippen LogP contribution in [0, 0.1) is 0 Å². The molecule has 5 atom stereocenters. The number of carbonyl (C=O) groups excluding carboxylic acids is 1. The summed E-state index contributed by atoms with van der Waals surface area (Å²) >= 11 is 0. The molecule has 234 valence electrons. The molecule has 0 amide bonds. The van der Waals surface area contributed by atoms with Crippen molar-refractivity contribution in [2.75, 3.05) is 6.61 Å². The molecule has 2 saturated heterocycles. The van der Waals surface area contributed by atoms with Gasteiger partial charge < -0.3 is 32.1 Å². The normalized spacial score (nSPS) is 27.3. The summed E-state index contributed by atoms with van der Waals surface area (Å²) in [6, 6.07) is 18.8. The highest BCUT2D eigenvalue weighted by Gasteiger charge is 2.62. The second-order valence-corrected chi connectivity index (χ2v) is 22.0. The fourth-order valence-corrected chi connectivity index (χ4v) is 18.0. The average molecular weight is 626 g/mol. The predicted octanol–water partition coefficient (Wildman–Crippen LogP) is 7.08. The van der Waals surface area contributed by atoms with Gasteiger partial charge in [0.2, 0.25) is 0 Å². The zero-order chi connectivity index (χ0) is 31.1. The minimum Gasteiger partial charge on any atom is -0.451 e. The molecule has 43 heavy (non-hydrogen) atoms. The smallest absolute Gasteiger partial charge is 0.338 e. The Balaban J connectivity index is 1.61. The van der Waals surface area contributed by atoms with Crippen LogP contribution in [0.1, 0.15) is 72.0 Å². The number of hydrogen-bond acceptors (Lipinski definition) is 7. The van der Waals surface area contributed by atoms with E-state index in [9.17, 15) is 9.90 Å². The standard InChI is InChI=1S/C33H47NO7Si2/c1-21(2)42(22(3)4)37-20-28-30(40-43(41-42,23(5)6)24(7)8)29(35)31(39-33(36)26-15-10-9-11-16-26)32(38-28)34-19-18-25-14-12-13-17-27(25)34/h9-19,21-24,28-32,35H,20H2,1-8H3/t28?,29-,30+,31?,32+/m0/s1. The van der Waals surface area contributed by atoms with Crippen LogP contribution in [-0.2, 0) is 22.4 Å². The average Bonchev–Trinajstić information content (AvgIpc) is 3.39. The van der Waals surface area contributed by atoms with Crippen LogP contribution >= 0.6 is 0 Å². The van der Waals surface area contributed by atoms with Crippen LogP contribution in [0.15, 0.2) is 66.9 Å². The van der Waals surface area contributed by atoms with Crippen LogP contribution < -0.4 is 0 Å². The fourth-order valence-electron chi connectivity index (χ4n) is 6.77. The number of esters is 1. The number of aromatic nitrogens is 1. The van der Waals surface area contributed by atoms with Gasteiger partial charge in [0.15, 0.2) is 12.3 Å². The molecule has 2 aromatic carbocycles. The number of nitrogens with zero attached hydrogens (tertiary/aromatic N) is 1. The van der Waals surface area contributed by atoms with Crippen molar-refractivity contribution < 1.29 is 32.3 Å². The summed E-state index contributed by atoms with van der Waals surface area (Å²) in [7, 11) is -5.86. The monoisotopic (exact) mass is 625 g/mol. The number of ether oxygens (including phenoxy) is 2. The first-order valence-corrected chi connectivity index (χ1v) is 19.5. The Labute approximate surface area is 257 Å². The van der Waals surface area contributed by atoms with Gasteiger partial charge in [-0.15, -0.1) is 0 Å². The summed E-state index contributed by atoms with van der Waals surface area (Å²) in [4.78, 5) is 13.4. The van der Waals surface area contributed by atoms with Crippen LogP contribution in [0.2, 0.25) is 22.2 Å². The summed E-state index contributed by atoms with van der Waals surface area (Å²) in [5.41, 5.74) is 1.81. The minimum absolute atomic E-state index is 0.0721. The molecule has 10 heteroatoms. The number of fused-ring (bicyclic) bond motifs is 2. The van der Waals surface area contributed by atoms with Crippen molar-refractivity contribution in [2.24, 2.45) is 0 Å². The lowest BCUT2D eigenvalue weighted by molar-refractivity contribution is -0.250. The Kier molecular flexibility index (Phi) is 9.39. The molecule has 3 heterocycles. The second kappa shape index (κ2) is 12.6. The van der Waals surface area contributed by atoms with E-state index in [1.807, 2.05) is 47.2 Å². The number of para-hydroxylation sites is 1. The van der Waals surface area contributed by atoms with E-state index in [1.54, 1.807) is 24.3 Å². The molecule has 2 unspecified atom stereocenters. The number of hydrogen-bond donors (Lipinski definition) is 1. The molecule has 0 aliphatic carbocycles. The molecule has 0 saturated carbocycles. The van der Waals surface area contributed by atoms with Crippen molar-refractivity contribution in [1.82, 2.24) is 4.57 Å². The van der Waals surface area contributed by atoms with E-state index in [4.69, 9.17) is 22.4 Å². The minimum atomic E-state index is -3.05. The molecule has 3 aromatic rings. The lowest BCUT2D eigenvalue weighted by atomic mass is 9.97. The summed E-state index contributed by atoms with van der Waals surface area (Å²) in [6.45, 7) is 17.5. The summed E-state index contributed by atoms with van der Waals surface area (Å²) in [5, 5.41) is 13.2. The highest BCUT2D eigenvalue weighted by molar-refractivity contribution is 6.84. The van der Waals surface area contributed by atoms with Crippen molar-refractivity contribution >= 4 is 34.0 Å². The number of aliphatic hydroxyl groups is 1. The quantitative estimate of drug-likeness (QED) is 0.222. The van der Waals surface area contributed by atoms with Gasteiger partial charge in [-0.3, -0.25) is 0 Å². The Morgan fingerprint density at radius 3 is 2.09 bits per heavy atom. The van der Waals surface area contributed by atoms with E-state index in [-0.39, 0.29) is 28.8 Å². The van der Waals surface area contributed by atoms with Crippen molar-refractivity contribution in [1.29, 1.82) is 0 Å². The van der Waals surface area contributed by atoms with E-state index in [2.05, 4.69) is 55.4 Å². The van der Waals surface area contributed by atoms with Gasteiger partial charge in [0.1, 0.15) is 18.3 Å². The SMILES string of the molecule is CC(C)[Si]1(C(C)C)OCC2O[C@@H](n3ccc4ccccc43)C(OC(=O)c3ccccc3)[C@@H](O)[C@@H]2O[Si](C(C)C)(C(C)C)O1. The molecule has 5 rings (SSSR count). The third kappa shape index (κ3) is 5.79. The third-order valence-corrected chi connectivity index (χ3v) is 19.4. The summed E-state index contributed by atoms with van der Waals surface area (Å²) < 4.78 is 36.3. The lowest BCUT2D eigenvalue weighted by Gasteiger charge is -2.55. The van der Waals surface area contributed by atoms with Crippen molar-refractivity contribution in [3.05, 3.63) is 72.4 Å². The first kappa shape index (κ1) is 32.1. The van der Waals surface area contributed by atoms with Crippen molar-refractivity contribution in [3.63, 3.8) is 0 Å². The molecular weight excluding hydrogens is 579 g/mol. The topological polar surface area (TPSA) is 88.4 Å². The Hall–Kier alpha value is -2.32. The molecular formula is C33H47NO7Si2. The van der Waals surface area contributed by atoms with Crippen LogP contribution in [0.4, 0.5) is 0 Å². The van der Waals surface area contributed by atoms with Crippen molar-refractivity contribution in [2.45, 2.75) is 108 Å². The Morgan fingerprint density at radius 1 is 0.860 bits per heavy atom. The molecule has 0 bridgehead atoms. The van der Waals surface area contributed by atoms with Gasteiger partial charge in [-0.2, -0.15) is 0 Å². The van der Waals surface area contributed by atoms with E-state index >= 15 is 0 Å². The van der Waals surface area contributed by atoms with E-state index < -0.39 is 53.7 Å². The fraction of sp³-hybridized carbons (Fsp3) is 0.545. The Morgan fingerprint density at radius 2 is 1.47 bits per heavy atom. The van der Waals surface area contributed by atoms with Crippen molar-refractivity contribution in [3.8, 4) is 0 Å². The Bertz CT molecular complexity index is 1380. The lowest BCUT2D eigenvalue weighted by Crippen LogP contribution is -2.69. The largest absolute Gasteiger partial charge is 0.451 e. The highest BCUT2D eigenvalue weighted by atomic mass is 28.5. The number of carbonyl (C=O) groups is 1. The molecule has 2 fully saturated rings. The van der Waals surface area contributed by atoms with Crippen LogP contribution in [0.25, 0.3) is 10.9 Å². The van der Waals surface area contributed by atoms with Gasteiger partial charge >= 0.3 is 23.1 Å². The summed E-state index contributed by atoms with van der Waals surface area (Å²) in [5.74, 6) is -0.534. The maximum absolute atomic E-state index is 13.4. The second-order valence-electron chi connectivity index (χ2n) is 13.1. The molecule has 2 aliphatic rings. The van der Waals surface area contributed by atoms with Gasteiger partial charge in [-0.05, 0) is 51.8 Å². The number of aliphatic hydroxyl groups excluding tert-OH is 1. The zero-order valence-electron chi connectivity index (χ0n) is 26.6. The van der Waals surface area contributed by atoms with Gasteiger partial charge in [0.25, 0.3) is 0 Å². The zero-order valence-corrected chi connectivity index (χ0v) is 28.6. The van der Waals surface area contributed by atoms with Gasteiger partial charge in [-0.25, -0.2) is 4.79 Å².